The third-order valence-electron chi connectivity index (χ3n) is 4.56. The zero-order chi connectivity index (χ0) is 16.9. The van der Waals surface area contributed by atoms with Crippen LogP contribution in [0.5, 0.6) is 5.75 Å². The average Bonchev–Trinajstić information content (AvgIpc) is 3.06. The van der Waals surface area contributed by atoms with Gasteiger partial charge < -0.3 is 14.3 Å². The first-order valence-electron chi connectivity index (χ1n) is 8.55. The Kier molecular flexibility index (Phi) is 5.56. The van der Waals surface area contributed by atoms with Gasteiger partial charge in [0.05, 0.1) is 19.8 Å². The first kappa shape index (κ1) is 17.0. The van der Waals surface area contributed by atoms with E-state index in [0.717, 1.165) is 49.0 Å². The van der Waals surface area contributed by atoms with Gasteiger partial charge in [0.2, 0.25) is 0 Å². The van der Waals surface area contributed by atoms with Gasteiger partial charge >= 0.3 is 0 Å². The summed E-state index contributed by atoms with van der Waals surface area (Å²) in [6.07, 6.45) is 0. The average molecular weight is 330 g/mol. The summed E-state index contributed by atoms with van der Waals surface area (Å²) in [5, 5.41) is 9.46. The SMILES string of the molecule is CCOc1ccc(-c2ccc(CN3CCN(C)[C@H](CO)C3)o2)cc1. The van der Waals surface area contributed by atoms with Gasteiger partial charge in [-0.2, -0.15) is 0 Å². The van der Waals surface area contributed by atoms with E-state index < -0.39 is 0 Å². The molecular formula is C19H26N2O3. The van der Waals surface area contributed by atoms with Gasteiger partial charge in [0.15, 0.2) is 0 Å². The summed E-state index contributed by atoms with van der Waals surface area (Å²) in [6.45, 7) is 6.45. The first-order chi connectivity index (χ1) is 11.7. The van der Waals surface area contributed by atoms with E-state index >= 15 is 0 Å². The summed E-state index contributed by atoms with van der Waals surface area (Å²) in [4.78, 5) is 4.55. The van der Waals surface area contributed by atoms with E-state index in [-0.39, 0.29) is 12.6 Å². The van der Waals surface area contributed by atoms with Crippen molar-refractivity contribution < 1.29 is 14.3 Å². The van der Waals surface area contributed by atoms with Crippen molar-refractivity contribution in [1.82, 2.24) is 9.80 Å². The highest BCUT2D eigenvalue weighted by molar-refractivity contribution is 5.58. The van der Waals surface area contributed by atoms with Crippen molar-refractivity contribution in [3.05, 3.63) is 42.2 Å². The molecule has 2 aromatic rings. The van der Waals surface area contributed by atoms with Crippen molar-refractivity contribution in [2.24, 2.45) is 0 Å². The Balaban J connectivity index is 1.63. The van der Waals surface area contributed by atoms with E-state index in [4.69, 9.17) is 9.15 Å². The molecule has 130 valence electrons. The smallest absolute Gasteiger partial charge is 0.134 e. The molecule has 2 heterocycles. The number of ether oxygens (including phenoxy) is 1. The molecule has 0 aliphatic carbocycles. The lowest BCUT2D eigenvalue weighted by Crippen LogP contribution is -2.52. The van der Waals surface area contributed by atoms with Gasteiger partial charge in [-0.1, -0.05) is 0 Å². The van der Waals surface area contributed by atoms with Gasteiger partial charge in [0.25, 0.3) is 0 Å². The summed E-state index contributed by atoms with van der Waals surface area (Å²) in [5.41, 5.74) is 1.05. The molecule has 5 heteroatoms. The van der Waals surface area contributed by atoms with Crippen LogP contribution in [0.15, 0.2) is 40.8 Å². The van der Waals surface area contributed by atoms with Crippen LogP contribution in [0, 0.1) is 0 Å². The quantitative estimate of drug-likeness (QED) is 0.882. The molecule has 3 rings (SSSR count). The normalized spacial score (nSPS) is 19.5. The lowest BCUT2D eigenvalue weighted by atomic mass is 10.2. The van der Waals surface area contributed by atoms with E-state index in [9.17, 15) is 5.11 Å². The van der Waals surface area contributed by atoms with Crippen LogP contribution in [0.25, 0.3) is 11.3 Å². The van der Waals surface area contributed by atoms with E-state index in [0.29, 0.717) is 6.61 Å². The fourth-order valence-electron chi connectivity index (χ4n) is 3.07. The number of likely N-dealkylation sites (N-methyl/N-ethyl adjacent to an activating group) is 1. The standard InChI is InChI=1S/C19H26N2O3/c1-3-23-17-6-4-15(5-7-17)19-9-8-18(24-19)13-21-11-10-20(2)16(12-21)14-22/h4-9,16,22H,3,10-14H2,1-2H3/t16-/m0/s1. The highest BCUT2D eigenvalue weighted by atomic mass is 16.5. The molecule has 5 nitrogen and oxygen atoms in total. The Hall–Kier alpha value is -1.82. The van der Waals surface area contributed by atoms with Crippen molar-refractivity contribution >= 4 is 0 Å². The minimum Gasteiger partial charge on any atom is -0.494 e. The minimum absolute atomic E-state index is 0.197. The van der Waals surface area contributed by atoms with Crippen LogP contribution in [0.1, 0.15) is 12.7 Å². The summed E-state index contributed by atoms with van der Waals surface area (Å²) < 4.78 is 11.5. The molecule has 1 atom stereocenters. The third kappa shape index (κ3) is 3.98. The molecule has 1 aliphatic rings. The van der Waals surface area contributed by atoms with Gasteiger partial charge in [-0.05, 0) is 50.4 Å². The Labute approximate surface area is 143 Å². The maximum absolute atomic E-state index is 9.46. The second-order valence-electron chi connectivity index (χ2n) is 6.28. The number of hydrogen-bond acceptors (Lipinski definition) is 5. The number of aliphatic hydroxyl groups is 1. The number of furan rings is 1. The molecule has 1 N–H and O–H groups in total. The molecule has 1 saturated heterocycles. The number of aliphatic hydroxyl groups excluding tert-OH is 1. The molecule has 0 saturated carbocycles. The van der Waals surface area contributed by atoms with Crippen LogP contribution in [0.4, 0.5) is 0 Å². The molecule has 24 heavy (non-hydrogen) atoms. The lowest BCUT2D eigenvalue weighted by Gasteiger charge is -2.38. The van der Waals surface area contributed by atoms with Crippen LogP contribution in [-0.2, 0) is 6.54 Å². The van der Waals surface area contributed by atoms with Crippen LogP contribution in [0.3, 0.4) is 0 Å². The second kappa shape index (κ2) is 7.83. The van der Waals surface area contributed by atoms with Crippen molar-refractivity contribution in [1.29, 1.82) is 0 Å². The van der Waals surface area contributed by atoms with Crippen molar-refractivity contribution in [2.45, 2.75) is 19.5 Å². The molecule has 1 fully saturated rings. The number of hydrogen-bond donors (Lipinski definition) is 1. The third-order valence-corrected chi connectivity index (χ3v) is 4.56. The summed E-state index contributed by atoms with van der Waals surface area (Å²) in [6, 6.07) is 12.2. The predicted molar refractivity (Wildman–Crippen MR) is 94.1 cm³/mol. The summed E-state index contributed by atoms with van der Waals surface area (Å²) in [5.74, 6) is 2.71. The van der Waals surface area contributed by atoms with Gasteiger partial charge in [-0.25, -0.2) is 0 Å². The molecule has 1 aromatic heterocycles. The maximum atomic E-state index is 9.46. The number of piperazine rings is 1. The van der Waals surface area contributed by atoms with Gasteiger partial charge in [-0.3, -0.25) is 9.80 Å². The molecule has 0 spiro atoms. The van der Waals surface area contributed by atoms with Gasteiger partial charge in [0.1, 0.15) is 17.3 Å². The number of nitrogens with zero attached hydrogens (tertiary/aromatic N) is 2. The van der Waals surface area contributed by atoms with E-state index in [1.165, 1.54) is 0 Å². The summed E-state index contributed by atoms with van der Waals surface area (Å²) >= 11 is 0. The van der Waals surface area contributed by atoms with Crippen LogP contribution < -0.4 is 4.74 Å². The highest BCUT2D eigenvalue weighted by Crippen LogP contribution is 2.25. The Morgan fingerprint density at radius 1 is 1.17 bits per heavy atom. The summed E-state index contributed by atoms with van der Waals surface area (Å²) in [7, 11) is 2.06. The Morgan fingerprint density at radius 2 is 1.96 bits per heavy atom. The van der Waals surface area contributed by atoms with Gasteiger partial charge in [0, 0.05) is 31.2 Å². The second-order valence-corrected chi connectivity index (χ2v) is 6.28. The molecule has 0 unspecified atom stereocenters. The van der Waals surface area contributed by atoms with Crippen molar-refractivity contribution in [3.8, 4) is 17.1 Å². The zero-order valence-corrected chi connectivity index (χ0v) is 14.4. The highest BCUT2D eigenvalue weighted by Gasteiger charge is 2.24. The molecule has 0 bridgehead atoms. The van der Waals surface area contributed by atoms with Crippen LogP contribution in [0.2, 0.25) is 0 Å². The number of rotatable bonds is 6. The Bertz CT molecular complexity index is 638. The van der Waals surface area contributed by atoms with Crippen molar-refractivity contribution in [2.75, 3.05) is 39.9 Å². The predicted octanol–water partition coefficient (Wildman–Crippen LogP) is 2.45. The molecule has 0 amide bonds. The van der Waals surface area contributed by atoms with Crippen LogP contribution >= 0.6 is 0 Å². The Morgan fingerprint density at radius 3 is 2.67 bits per heavy atom. The molecular weight excluding hydrogens is 304 g/mol. The van der Waals surface area contributed by atoms with E-state index in [2.05, 4.69) is 16.8 Å². The molecule has 1 aromatic carbocycles. The maximum Gasteiger partial charge on any atom is 0.134 e. The topological polar surface area (TPSA) is 49.1 Å². The fourth-order valence-corrected chi connectivity index (χ4v) is 3.07. The molecule has 0 radical (unpaired) electrons. The van der Waals surface area contributed by atoms with Crippen molar-refractivity contribution in [3.63, 3.8) is 0 Å². The largest absolute Gasteiger partial charge is 0.494 e. The lowest BCUT2D eigenvalue weighted by molar-refractivity contribution is 0.0509. The van der Waals surface area contributed by atoms with E-state index in [1.54, 1.807) is 0 Å². The first-order valence-corrected chi connectivity index (χ1v) is 8.55. The van der Waals surface area contributed by atoms with Crippen LogP contribution in [-0.4, -0.2) is 60.8 Å². The zero-order valence-electron chi connectivity index (χ0n) is 14.4. The minimum atomic E-state index is 0.197. The van der Waals surface area contributed by atoms with E-state index in [1.807, 2.05) is 43.3 Å². The van der Waals surface area contributed by atoms with Gasteiger partial charge in [-0.15, -0.1) is 0 Å². The number of benzene rings is 1. The molecule has 1 aliphatic heterocycles. The fraction of sp³-hybridized carbons (Fsp3) is 0.474. The monoisotopic (exact) mass is 330 g/mol.